The first-order valence-corrected chi connectivity index (χ1v) is 6.33. The second kappa shape index (κ2) is 4.90. The molecule has 3 rings (SSSR count). The number of hydrogen-bond donors (Lipinski definition) is 3. The van der Waals surface area contributed by atoms with E-state index in [1.165, 1.54) is 24.3 Å². The Bertz CT molecular complexity index is 824. The summed E-state index contributed by atoms with van der Waals surface area (Å²) in [6.07, 6.45) is -4.64. The topological polar surface area (TPSA) is 73.8 Å². The fourth-order valence-corrected chi connectivity index (χ4v) is 2.04. The van der Waals surface area contributed by atoms with Crippen LogP contribution in [0.4, 0.5) is 24.7 Å². The molecule has 0 aliphatic heterocycles. The molecule has 0 spiro atoms. The number of aryl methyl sites for hydroxylation is 1. The summed E-state index contributed by atoms with van der Waals surface area (Å²) in [6.45, 7) is 1.72. The van der Waals surface area contributed by atoms with Crippen molar-refractivity contribution >= 4 is 22.5 Å². The Labute approximate surface area is 122 Å². The van der Waals surface area contributed by atoms with Crippen molar-refractivity contribution in [1.82, 2.24) is 15.0 Å². The first-order chi connectivity index (χ1) is 10.3. The van der Waals surface area contributed by atoms with Gasteiger partial charge in [-0.1, -0.05) is 0 Å². The van der Waals surface area contributed by atoms with Crippen LogP contribution in [0.15, 0.2) is 30.3 Å². The molecule has 0 bridgehead atoms. The molecule has 3 N–H and O–H groups in total. The molecule has 0 radical (unpaired) electrons. The number of phenolic OH excluding ortho intramolecular Hbond substituents is 1. The monoisotopic (exact) mass is 308 g/mol. The average molecular weight is 308 g/mol. The highest BCUT2D eigenvalue weighted by Gasteiger charge is 2.35. The van der Waals surface area contributed by atoms with Gasteiger partial charge in [-0.05, 0) is 37.3 Å². The molecule has 0 atom stereocenters. The highest BCUT2D eigenvalue weighted by atomic mass is 19.4. The van der Waals surface area contributed by atoms with E-state index in [1.54, 1.807) is 13.0 Å². The smallest absolute Gasteiger partial charge is 0.451 e. The molecular formula is C14H11F3N4O. The lowest BCUT2D eigenvalue weighted by Gasteiger charge is -2.10. The maximum Gasteiger partial charge on any atom is 0.451 e. The summed E-state index contributed by atoms with van der Waals surface area (Å²) in [5.41, 5.74) is 1.29. The van der Waals surface area contributed by atoms with Crippen LogP contribution >= 0.6 is 0 Å². The Kier molecular flexibility index (Phi) is 3.16. The molecule has 3 aromatic rings. The Balaban J connectivity index is 2.11. The molecule has 2 aromatic heterocycles. The van der Waals surface area contributed by atoms with Crippen LogP contribution in [0.25, 0.3) is 11.0 Å². The Hall–Kier alpha value is -2.77. The summed E-state index contributed by atoms with van der Waals surface area (Å²) in [7, 11) is 0. The molecule has 22 heavy (non-hydrogen) atoms. The highest BCUT2D eigenvalue weighted by Crippen LogP contribution is 2.31. The van der Waals surface area contributed by atoms with Gasteiger partial charge in [-0.2, -0.15) is 13.2 Å². The Morgan fingerprint density at radius 1 is 1.14 bits per heavy atom. The van der Waals surface area contributed by atoms with E-state index in [0.717, 1.165) is 0 Å². The predicted molar refractivity (Wildman–Crippen MR) is 75.0 cm³/mol. The van der Waals surface area contributed by atoms with E-state index in [1.807, 2.05) is 0 Å². The average Bonchev–Trinajstić information content (AvgIpc) is 2.81. The third-order valence-electron chi connectivity index (χ3n) is 3.01. The fourth-order valence-electron chi connectivity index (χ4n) is 2.04. The van der Waals surface area contributed by atoms with Gasteiger partial charge in [0.2, 0.25) is 5.82 Å². The zero-order valence-corrected chi connectivity index (χ0v) is 11.4. The molecule has 0 amide bonds. The van der Waals surface area contributed by atoms with Crippen LogP contribution in [0.1, 0.15) is 11.5 Å². The van der Waals surface area contributed by atoms with Gasteiger partial charge in [0.1, 0.15) is 17.2 Å². The number of nitrogens with zero attached hydrogens (tertiary/aromatic N) is 2. The third kappa shape index (κ3) is 2.67. The molecule has 0 saturated carbocycles. The molecular weight excluding hydrogens is 297 g/mol. The van der Waals surface area contributed by atoms with Crippen LogP contribution in [0, 0.1) is 6.92 Å². The van der Waals surface area contributed by atoms with E-state index < -0.39 is 12.0 Å². The Morgan fingerprint density at radius 3 is 2.45 bits per heavy atom. The van der Waals surface area contributed by atoms with Crippen LogP contribution in [0.3, 0.4) is 0 Å². The van der Waals surface area contributed by atoms with Crippen molar-refractivity contribution in [3.8, 4) is 5.75 Å². The summed E-state index contributed by atoms with van der Waals surface area (Å²) >= 11 is 0. The quantitative estimate of drug-likeness (QED) is 0.631. The molecule has 114 valence electrons. The summed E-state index contributed by atoms with van der Waals surface area (Å²) in [6, 6.07) is 7.59. The van der Waals surface area contributed by atoms with Gasteiger partial charge >= 0.3 is 6.18 Å². The van der Waals surface area contributed by atoms with Crippen LogP contribution in [0.5, 0.6) is 5.75 Å². The van der Waals surface area contributed by atoms with Gasteiger partial charge in [0.25, 0.3) is 0 Å². The van der Waals surface area contributed by atoms with Crippen molar-refractivity contribution in [2.75, 3.05) is 5.32 Å². The van der Waals surface area contributed by atoms with Crippen LogP contribution < -0.4 is 5.32 Å². The van der Waals surface area contributed by atoms with Gasteiger partial charge in [0, 0.05) is 11.4 Å². The van der Waals surface area contributed by atoms with Gasteiger partial charge in [-0.15, -0.1) is 0 Å². The van der Waals surface area contributed by atoms with Gasteiger partial charge in [-0.3, -0.25) is 0 Å². The molecule has 0 saturated heterocycles. The highest BCUT2D eigenvalue weighted by molar-refractivity contribution is 5.89. The van der Waals surface area contributed by atoms with Crippen molar-refractivity contribution < 1.29 is 18.3 Å². The summed E-state index contributed by atoms with van der Waals surface area (Å²) < 4.78 is 38.7. The largest absolute Gasteiger partial charge is 0.508 e. The molecule has 5 nitrogen and oxygen atoms in total. The van der Waals surface area contributed by atoms with Crippen molar-refractivity contribution in [2.45, 2.75) is 13.1 Å². The second-order valence-electron chi connectivity index (χ2n) is 4.78. The second-order valence-corrected chi connectivity index (χ2v) is 4.78. The summed E-state index contributed by atoms with van der Waals surface area (Å²) in [5, 5.41) is 12.5. The van der Waals surface area contributed by atoms with E-state index in [2.05, 4.69) is 20.3 Å². The molecule has 1 aromatic carbocycles. The first kappa shape index (κ1) is 14.2. The van der Waals surface area contributed by atoms with Gasteiger partial charge in [0.15, 0.2) is 0 Å². The third-order valence-corrected chi connectivity index (χ3v) is 3.01. The molecule has 8 heteroatoms. The van der Waals surface area contributed by atoms with Crippen molar-refractivity contribution in [2.24, 2.45) is 0 Å². The number of benzene rings is 1. The first-order valence-electron chi connectivity index (χ1n) is 6.33. The number of aromatic nitrogens is 3. The number of aromatic hydroxyl groups is 1. The standard InChI is InChI=1S/C14H11F3N4O/c1-7-6-10-11(18-7)20-13(14(15,16)17)21-12(10)19-8-2-4-9(22)5-3-8/h2-6,22H,1H3,(H2,18,19,20,21). The van der Waals surface area contributed by atoms with Gasteiger partial charge in [-0.25, -0.2) is 9.97 Å². The maximum absolute atomic E-state index is 12.9. The number of anilines is 2. The lowest BCUT2D eigenvalue weighted by atomic mass is 10.3. The lowest BCUT2D eigenvalue weighted by molar-refractivity contribution is -0.144. The Morgan fingerprint density at radius 2 is 1.82 bits per heavy atom. The number of fused-ring (bicyclic) bond motifs is 1. The number of phenols is 1. The minimum Gasteiger partial charge on any atom is -0.508 e. The van der Waals surface area contributed by atoms with E-state index in [9.17, 15) is 18.3 Å². The minimum atomic E-state index is -4.64. The van der Waals surface area contributed by atoms with Gasteiger partial charge < -0.3 is 15.4 Å². The van der Waals surface area contributed by atoms with Gasteiger partial charge in [0.05, 0.1) is 5.39 Å². The number of nitrogens with one attached hydrogen (secondary N) is 2. The number of aromatic amines is 1. The number of rotatable bonds is 2. The van der Waals surface area contributed by atoms with Crippen LogP contribution in [-0.4, -0.2) is 20.1 Å². The fraction of sp³-hybridized carbons (Fsp3) is 0.143. The van der Waals surface area contributed by atoms with Crippen molar-refractivity contribution in [3.05, 3.63) is 41.9 Å². The molecule has 0 aliphatic rings. The van der Waals surface area contributed by atoms with E-state index >= 15 is 0 Å². The zero-order valence-electron chi connectivity index (χ0n) is 11.4. The van der Waals surface area contributed by atoms with E-state index in [0.29, 0.717) is 16.8 Å². The molecule has 0 aliphatic carbocycles. The molecule has 2 heterocycles. The molecule has 0 unspecified atom stereocenters. The van der Waals surface area contributed by atoms with E-state index in [-0.39, 0.29) is 17.2 Å². The number of halogens is 3. The SMILES string of the molecule is Cc1cc2c(Nc3ccc(O)cc3)nc(C(F)(F)F)nc2[nH]1. The normalized spacial score (nSPS) is 11.8. The maximum atomic E-state index is 12.9. The van der Waals surface area contributed by atoms with Crippen LogP contribution in [0.2, 0.25) is 0 Å². The van der Waals surface area contributed by atoms with Crippen LogP contribution in [-0.2, 0) is 6.18 Å². The van der Waals surface area contributed by atoms with Crippen molar-refractivity contribution in [1.29, 1.82) is 0 Å². The minimum absolute atomic E-state index is 0.0485. The summed E-state index contributed by atoms with van der Waals surface area (Å²) in [5.74, 6) is -1.11. The lowest BCUT2D eigenvalue weighted by Crippen LogP contribution is -2.12. The molecule has 0 fully saturated rings. The van der Waals surface area contributed by atoms with Crippen molar-refractivity contribution in [3.63, 3.8) is 0 Å². The number of H-pyrrole nitrogens is 1. The zero-order chi connectivity index (χ0) is 15.9. The number of alkyl halides is 3. The van der Waals surface area contributed by atoms with E-state index in [4.69, 9.17) is 0 Å². The number of hydrogen-bond acceptors (Lipinski definition) is 4. The summed E-state index contributed by atoms with van der Waals surface area (Å²) in [4.78, 5) is 9.86. The predicted octanol–water partition coefficient (Wildman–Crippen LogP) is 3.73.